The van der Waals surface area contributed by atoms with Gasteiger partial charge in [0, 0.05) is 18.8 Å². The fourth-order valence-corrected chi connectivity index (χ4v) is 3.76. The first kappa shape index (κ1) is 19.2. The zero-order valence-electron chi connectivity index (χ0n) is 14.8. The van der Waals surface area contributed by atoms with Crippen molar-refractivity contribution in [3.05, 3.63) is 24.3 Å². The Morgan fingerprint density at radius 3 is 2.75 bits per heavy atom. The Kier molecular flexibility index (Phi) is 8.00. The standard InChI is InChI=1S/C20H32O4/c1-2-3-6-9-15(21)12-13-17-16(18-14-19(17)24-18)10-7-4-5-8-11-20(22)23/h4,7,12-13,15-19,21H,2-3,5-6,8-11,14H2,1H3,(H,22,23)/b7-4+,13-12+/t15-,16+,17+,18-,19-/m0/s1. The molecule has 24 heavy (non-hydrogen) atoms. The average molecular weight is 336 g/mol. The first-order valence-corrected chi connectivity index (χ1v) is 9.50. The zero-order valence-corrected chi connectivity index (χ0v) is 14.8. The van der Waals surface area contributed by atoms with Crippen molar-refractivity contribution in [2.24, 2.45) is 11.8 Å². The summed E-state index contributed by atoms with van der Waals surface area (Å²) in [6, 6.07) is 0. The summed E-state index contributed by atoms with van der Waals surface area (Å²) in [4.78, 5) is 10.5. The molecule has 2 aliphatic heterocycles. The van der Waals surface area contributed by atoms with E-state index in [1.165, 1.54) is 12.8 Å². The number of aliphatic carboxylic acids is 1. The Bertz CT molecular complexity index is 437. The van der Waals surface area contributed by atoms with Crippen molar-refractivity contribution in [2.75, 3.05) is 0 Å². The maximum Gasteiger partial charge on any atom is 0.303 e. The van der Waals surface area contributed by atoms with E-state index in [4.69, 9.17) is 9.84 Å². The number of unbranched alkanes of at least 4 members (excludes halogenated alkanes) is 3. The van der Waals surface area contributed by atoms with Crippen molar-refractivity contribution < 1.29 is 19.7 Å². The smallest absolute Gasteiger partial charge is 0.303 e. The molecule has 0 aromatic heterocycles. The summed E-state index contributed by atoms with van der Waals surface area (Å²) < 4.78 is 5.87. The number of carboxylic acids is 1. The van der Waals surface area contributed by atoms with E-state index < -0.39 is 5.97 Å². The number of aliphatic hydroxyl groups is 1. The van der Waals surface area contributed by atoms with Crippen molar-refractivity contribution >= 4 is 5.97 Å². The van der Waals surface area contributed by atoms with Gasteiger partial charge >= 0.3 is 5.97 Å². The third kappa shape index (κ3) is 5.75. The number of hydrogen-bond donors (Lipinski definition) is 2. The molecule has 4 heteroatoms. The predicted octanol–water partition coefficient (Wildman–Crippen LogP) is 4.09. The number of carbonyl (C=O) groups is 1. The van der Waals surface area contributed by atoms with Crippen LogP contribution in [-0.4, -0.2) is 34.5 Å². The summed E-state index contributed by atoms with van der Waals surface area (Å²) >= 11 is 0. The van der Waals surface area contributed by atoms with Crippen molar-refractivity contribution in [1.82, 2.24) is 0 Å². The van der Waals surface area contributed by atoms with Crippen LogP contribution < -0.4 is 0 Å². The molecule has 1 aliphatic carbocycles. The second-order valence-corrected chi connectivity index (χ2v) is 7.13. The first-order chi connectivity index (χ1) is 11.6. The normalized spacial score (nSPS) is 30.1. The van der Waals surface area contributed by atoms with Crippen LogP contribution in [0.15, 0.2) is 24.3 Å². The van der Waals surface area contributed by atoms with Crippen LogP contribution in [0.25, 0.3) is 0 Å². The van der Waals surface area contributed by atoms with Crippen LogP contribution >= 0.6 is 0 Å². The van der Waals surface area contributed by atoms with Crippen molar-refractivity contribution in [3.63, 3.8) is 0 Å². The minimum absolute atomic E-state index is 0.239. The van der Waals surface area contributed by atoms with Crippen LogP contribution in [0.3, 0.4) is 0 Å². The van der Waals surface area contributed by atoms with Gasteiger partial charge in [0.2, 0.25) is 0 Å². The first-order valence-electron chi connectivity index (χ1n) is 9.50. The van der Waals surface area contributed by atoms with Crippen molar-refractivity contribution in [1.29, 1.82) is 0 Å². The van der Waals surface area contributed by atoms with E-state index in [0.29, 0.717) is 30.5 Å². The highest BCUT2D eigenvalue weighted by Crippen LogP contribution is 2.48. The van der Waals surface area contributed by atoms with Gasteiger partial charge in [-0.1, -0.05) is 50.5 Å². The lowest BCUT2D eigenvalue weighted by Crippen LogP contribution is -2.29. The quantitative estimate of drug-likeness (QED) is 0.416. The van der Waals surface area contributed by atoms with Crippen LogP contribution in [0.4, 0.5) is 0 Å². The third-order valence-electron chi connectivity index (χ3n) is 5.21. The number of rotatable bonds is 12. The summed E-state index contributed by atoms with van der Waals surface area (Å²) in [5.41, 5.74) is 0. The highest BCUT2D eigenvalue weighted by Gasteiger charge is 2.51. The minimum atomic E-state index is -0.726. The molecule has 3 rings (SSSR count). The van der Waals surface area contributed by atoms with Crippen LogP contribution in [0.1, 0.15) is 64.7 Å². The summed E-state index contributed by atoms with van der Waals surface area (Å²) in [5.74, 6) is 0.195. The lowest BCUT2D eigenvalue weighted by molar-refractivity contribution is -0.137. The van der Waals surface area contributed by atoms with Crippen LogP contribution in [0.5, 0.6) is 0 Å². The van der Waals surface area contributed by atoms with Gasteiger partial charge in [-0.05, 0) is 31.6 Å². The molecule has 3 aliphatic rings. The van der Waals surface area contributed by atoms with E-state index in [1.54, 1.807) is 0 Å². The van der Waals surface area contributed by atoms with Crippen molar-refractivity contribution in [3.8, 4) is 0 Å². The fraction of sp³-hybridized carbons (Fsp3) is 0.750. The molecule has 0 radical (unpaired) electrons. The van der Waals surface area contributed by atoms with Crippen LogP contribution in [-0.2, 0) is 9.53 Å². The van der Waals surface area contributed by atoms with Gasteiger partial charge in [0.15, 0.2) is 0 Å². The van der Waals surface area contributed by atoms with Gasteiger partial charge in [-0.2, -0.15) is 0 Å². The van der Waals surface area contributed by atoms with E-state index in [0.717, 1.165) is 32.1 Å². The van der Waals surface area contributed by atoms with Gasteiger partial charge in [-0.3, -0.25) is 4.79 Å². The molecule has 0 aromatic carbocycles. The summed E-state index contributed by atoms with van der Waals surface area (Å²) in [7, 11) is 0. The SMILES string of the molecule is CCCCC[C@H](O)/C=C/[C@@H]1[C@@H](C/C=C/CCCC(=O)O)[C@@H]2C[C@@H]1O2. The summed E-state index contributed by atoms with van der Waals surface area (Å²) in [6.45, 7) is 2.17. The van der Waals surface area contributed by atoms with Gasteiger partial charge in [0.05, 0.1) is 18.3 Å². The maximum absolute atomic E-state index is 10.5. The van der Waals surface area contributed by atoms with Crippen LogP contribution in [0, 0.1) is 11.8 Å². The van der Waals surface area contributed by atoms with E-state index >= 15 is 0 Å². The van der Waals surface area contributed by atoms with Crippen LogP contribution in [0.2, 0.25) is 0 Å². The number of ether oxygens (including phenoxy) is 1. The molecular formula is C20H32O4. The molecule has 136 valence electrons. The third-order valence-corrected chi connectivity index (χ3v) is 5.21. The van der Waals surface area contributed by atoms with Crippen molar-refractivity contribution in [2.45, 2.75) is 83.0 Å². The van der Waals surface area contributed by atoms with Gasteiger partial charge in [0.1, 0.15) is 0 Å². The fourth-order valence-electron chi connectivity index (χ4n) is 3.76. The second kappa shape index (κ2) is 10.00. The molecule has 1 saturated carbocycles. The molecule has 2 N–H and O–H groups in total. The molecule has 3 fully saturated rings. The molecule has 0 amide bonds. The van der Waals surface area contributed by atoms with E-state index in [1.807, 2.05) is 6.08 Å². The molecule has 5 atom stereocenters. The predicted molar refractivity (Wildman–Crippen MR) is 94.8 cm³/mol. The Hall–Kier alpha value is -1.13. The number of carboxylic acid groups (broad SMARTS) is 1. The minimum Gasteiger partial charge on any atom is -0.481 e. The number of aliphatic hydroxyl groups excluding tert-OH is 1. The molecule has 0 aromatic rings. The maximum atomic E-state index is 10.5. The molecule has 4 nitrogen and oxygen atoms in total. The summed E-state index contributed by atoms with van der Waals surface area (Å²) in [5, 5.41) is 18.7. The average Bonchev–Trinajstić information content (AvgIpc) is 3.01. The Labute approximate surface area is 145 Å². The summed E-state index contributed by atoms with van der Waals surface area (Å²) in [6.07, 6.45) is 17.0. The zero-order chi connectivity index (χ0) is 17.4. The van der Waals surface area contributed by atoms with E-state index in [-0.39, 0.29) is 12.5 Å². The van der Waals surface area contributed by atoms with E-state index in [2.05, 4.69) is 25.2 Å². The molecule has 2 saturated heterocycles. The Morgan fingerprint density at radius 1 is 1.25 bits per heavy atom. The number of allylic oxidation sites excluding steroid dienone is 2. The second-order valence-electron chi connectivity index (χ2n) is 7.13. The Balaban J connectivity index is 1.72. The lowest BCUT2D eigenvalue weighted by atomic mass is 9.91. The Morgan fingerprint density at radius 2 is 2.04 bits per heavy atom. The molecule has 0 unspecified atom stereocenters. The van der Waals surface area contributed by atoms with Gasteiger partial charge < -0.3 is 14.9 Å². The highest BCUT2D eigenvalue weighted by molar-refractivity contribution is 5.66. The molecular weight excluding hydrogens is 304 g/mol. The largest absolute Gasteiger partial charge is 0.481 e. The van der Waals surface area contributed by atoms with E-state index in [9.17, 15) is 9.90 Å². The molecule has 0 spiro atoms. The van der Waals surface area contributed by atoms with Gasteiger partial charge in [-0.15, -0.1) is 0 Å². The lowest BCUT2D eigenvalue weighted by Gasteiger charge is -2.25. The topological polar surface area (TPSA) is 66.8 Å². The number of hydrogen-bond acceptors (Lipinski definition) is 3. The monoisotopic (exact) mass is 336 g/mol. The molecule has 2 heterocycles. The van der Waals surface area contributed by atoms with Gasteiger partial charge in [-0.25, -0.2) is 0 Å². The number of fused-ring (bicyclic) bond motifs is 1. The molecule has 2 bridgehead atoms. The highest BCUT2D eigenvalue weighted by atomic mass is 16.5. The van der Waals surface area contributed by atoms with Gasteiger partial charge in [0.25, 0.3) is 0 Å².